The summed E-state index contributed by atoms with van der Waals surface area (Å²) in [4.78, 5) is 33.7. The zero-order valence-corrected chi connectivity index (χ0v) is 17.9. The summed E-state index contributed by atoms with van der Waals surface area (Å²) in [6.45, 7) is 6.02. The number of fused-ring (bicyclic) bond motifs is 3. The van der Waals surface area contributed by atoms with Crippen molar-refractivity contribution in [1.82, 2.24) is 19.4 Å². The maximum Gasteiger partial charge on any atom is 0.410 e. The summed E-state index contributed by atoms with van der Waals surface area (Å²) in [5.74, 6) is 0. The first kappa shape index (κ1) is 20.7. The number of likely N-dealkylation sites (tertiary alicyclic amines) is 1. The van der Waals surface area contributed by atoms with Crippen LogP contribution in [0.15, 0.2) is 29.3 Å². The highest BCUT2D eigenvalue weighted by Gasteiger charge is 2.33. The number of aliphatic hydroxyl groups excluding tert-OH is 1. The van der Waals surface area contributed by atoms with Gasteiger partial charge in [-0.3, -0.25) is 4.79 Å². The second-order valence-corrected chi connectivity index (χ2v) is 9.10. The molecule has 9 heteroatoms. The third kappa shape index (κ3) is 3.77. The molecule has 0 bridgehead atoms. The SMILES string of the molecule is CC(C)(C)OC(=O)N1CCCC(n2c3ccc(Cl)cc3c3nc[nH]c(=O)c32)C(O)C1. The quantitative estimate of drug-likeness (QED) is 0.613. The topological polar surface area (TPSA) is 100 Å². The second kappa shape index (κ2) is 7.59. The van der Waals surface area contributed by atoms with E-state index in [1.165, 1.54) is 11.2 Å². The minimum absolute atomic E-state index is 0.118. The van der Waals surface area contributed by atoms with Crippen molar-refractivity contribution in [2.45, 2.75) is 51.4 Å². The fraction of sp³-hybridized carbons (Fsp3) is 0.476. The first-order valence-electron chi connectivity index (χ1n) is 9.98. The van der Waals surface area contributed by atoms with Crippen LogP contribution in [-0.4, -0.2) is 55.4 Å². The molecule has 160 valence electrons. The first-order chi connectivity index (χ1) is 14.2. The van der Waals surface area contributed by atoms with Crippen molar-refractivity contribution in [1.29, 1.82) is 0 Å². The number of hydrogen-bond donors (Lipinski definition) is 2. The van der Waals surface area contributed by atoms with Crippen LogP contribution in [0.3, 0.4) is 0 Å². The smallest absolute Gasteiger partial charge is 0.410 e. The number of benzene rings is 1. The Morgan fingerprint density at radius 2 is 2.13 bits per heavy atom. The number of hydrogen-bond acceptors (Lipinski definition) is 5. The normalized spacial score (nSPS) is 20.5. The minimum Gasteiger partial charge on any atom is -0.444 e. The van der Waals surface area contributed by atoms with Crippen LogP contribution >= 0.6 is 11.6 Å². The Bertz CT molecular complexity index is 1160. The van der Waals surface area contributed by atoms with E-state index < -0.39 is 23.8 Å². The number of carbonyl (C=O) groups excluding carboxylic acids is 1. The van der Waals surface area contributed by atoms with Crippen LogP contribution in [0.2, 0.25) is 5.02 Å². The zero-order chi connectivity index (χ0) is 21.6. The highest BCUT2D eigenvalue weighted by Crippen LogP contribution is 2.34. The maximum atomic E-state index is 12.7. The van der Waals surface area contributed by atoms with Crippen LogP contribution in [0.5, 0.6) is 0 Å². The molecule has 0 aliphatic carbocycles. The Kier molecular flexibility index (Phi) is 5.23. The molecule has 3 aromatic rings. The summed E-state index contributed by atoms with van der Waals surface area (Å²) in [5.41, 5.74) is 0.807. The Morgan fingerprint density at radius 3 is 2.87 bits per heavy atom. The molecule has 30 heavy (non-hydrogen) atoms. The number of ether oxygens (including phenoxy) is 1. The molecule has 1 fully saturated rings. The third-order valence-corrected chi connectivity index (χ3v) is 5.54. The summed E-state index contributed by atoms with van der Waals surface area (Å²) in [5, 5.41) is 12.4. The maximum absolute atomic E-state index is 12.7. The highest BCUT2D eigenvalue weighted by atomic mass is 35.5. The molecule has 8 nitrogen and oxygen atoms in total. The summed E-state index contributed by atoms with van der Waals surface area (Å²) in [7, 11) is 0. The Balaban J connectivity index is 1.77. The van der Waals surface area contributed by atoms with Crippen molar-refractivity contribution >= 4 is 39.6 Å². The van der Waals surface area contributed by atoms with Gasteiger partial charge in [-0.15, -0.1) is 0 Å². The van der Waals surface area contributed by atoms with E-state index in [4.69, 9.17) is 16.3 Å². The van der Waals surface area contributed by atoms with Crippen LogP contribution in [0.4, 0.5) is 4.79 Å². The van der Waals surface area contributed by atoms with E-state index in [0.717, 1.165) is 10.9 Å². The molecule has 2 unspecified atom stereocenters. The number of halogens is 1. The van der Waals surface area contributed by atoms with Crippen LogP contribution in [0.25, 0.3) is 21.9 Å². The Labute approximate surface area is 178 Å². The van der Waals surface area contributed by atoms with Crippen LogP contribution in [0.1, 0.15) is 39.7 Å². The third-order valence-electron chi connectivity index (χ3n) is 5.31. The lowest BCUT2D eigenvalue weighted by atomic mass is 10.1. The summed E-state index contributed by atoms with van der Waals surface area (Å²) in [6.07, 6.45) is 1.29. The molecule has 1 aliphatic heterocycles. The molecule has 3 heterocycles. The molecular weight excluding hydrogens is 408 g/mol. The number of carbonyl (C=O) groups is 1. The lowest BCUT2D eigenvalue weighted by molar-refractivity contribution is 0.0142. The van der Waals surface area contributed by atoms with Gasteiger partial charge >= 0.3 is 6.09 Å². The van der Waals surface area contributed by atoms with Crippen molar-refractivity contribution in [2.75, 3.05) is 13.1 Å². The molecule has 1 aromatic carbocycles. The number of β-amino-alcohol motifs (C(OH)–C–C–N with tert-alkyl or cyclic N) is 1. The molecule has 0 saturated carbocycles. The van der Waals surface area contributed by atoms with Crippen molar-refractivity contribution in [3.05, 3.63) is 39.9 Å². The van der Waals surface area contributed by atoms with Crippen LogP contribution in [-0.2, 0) is 4.74 Å². The van der Waals surface area contributed by atoms with Gasteiger partial charge in [0.2, 0.25) is 0 Å². The number of rotatable bonds is 1. The van der Waals surface area contributed by atoms with E-state index in [1.807, 2.05) is 31.4 Å². The molecular formula is C21H25ClN4O4. The fourth-order valence-electron chi connectivity index (χ4n) is 4.10. The molecule has 2 atom stereocenters. The first-order valence-corrected chi connectivity index (χ1v) is 10.4. The van der Waals surface area contributed by atoms with Crippen LogP contribution < -0.4 is 5.56 Å². The van der Waals surface area contributed by atoms with Gasteiger partial charge in [0.05, 0.1) is 30.5 Å². The number of aliphatic hydroxyl groups is 1. The van der Waals surface area contributed by atoms with E-state index in [9.17, 15) is 14.7 Å². The molecule has 2 N–H and O–H groups in total. The van der Waals surface area contributed by atoms with E-state index in [2.05, 4.69) is 9.97 Å². The van der Waals surface area contributed by atoms with Gasteiger partial charge < -0.3 is 24.3 Å². The number of amides is 1. The van der Waals surface area contributed by atoms with Gasteiger partial charge in [0.25, 0.3) is 5.56 Å². The molecule has 0 radical (unpaired) electrons. The Morgan fingerprint density at radius 1 is 1.37 bits per heavy atom. The van der Waals surface area contributed by atoms with E-state index >= 15 is 0 Å². The summed E-state index contributed by atoms with van der Waals surface area (Å²) >= 11 is 6.18. The standard InChI is InChI=1S/C21H25ClN4O4/c1-21(2,3)30-20(29)25-8-4-5-15(16(27)10-25)26-14-7-6-12(22)9-13(14)17-18(26)19(28)24-11-23-17/h6-7,9,11,15-16,27H,4-5,8,10H2,1-3H3,(H,23,24,28). The van der Waals surface area contributed by atoms with Gasteiger partial charge in [0, 0.05) is 17.0 Å². The van der Waals surface area contributed by atoms with E-state index in [0.29, 0.717) is 35.4 Å². The van der Waals surface area contributed by atoms with Gasteiger partial charge in [-0.25, -0.2) is 9.78 Å². The highest BCUT2D eigenvalue weighted by molar-refractivity contribution is 6.31. The van der Waals surface area contributed by atoms with Gasteiger partial charge in [-0.1, -0.05) is 11.6 Å². The van der Waals surface area contributed by atoms with Gasteiger partial charge in [-0.05, 0) is 51.8 Å². The lowest BCUT2D eigenvalue weighted by Gasteiger charge is -2.28. The molecule has 0 spiro atoms. The van der Waals surface area contributed by atoms with E-state index in [-0.39, 0.29) is 12.1 Å². The molecule has 2 aromatic heterocycles. The Hall–Kier alpha value is -2.58. The predicted octanol–water partition coefficient (Wildman–Crippen LogP) is 3.46. The monoisotopic (exact) mass is 432 g/mol. The summed E-state index contributed by atoms with van der Waals surface area (Å²) < 4.78 is 7.31. The second-order valence-electron chi connectivity index (χ2n) is 8.66. The average molecular weight is 433 g/mol. The average Bonchev–Trinajstić information content (AvgIpc) is 2.84. The van der Waals surface area contributed by atoms with Crippen molar-refractivity contribution in [3.8, 4) is 0 Å². The van der Waals surface area contributed by atoms with Crippen molar-refractivity contribution < 1.29 is 14.6 Å². The molecule has 1 aliphatic rings. The molecule has 1 amide bonds. The van der Waals surface area contributed by atoms with Crippen molar-refractivity contribution in [3.63, 3.8) is 0 Å². The number of aromatic amines is 1. The minimum atomic E-state index is -0.880. The fourth-order valence-corrected chi connectivity index (χ4v) is 4.27. The molecule has 4 rings (SSSR count). The van der Waals surface area contributed by atoms with Gasteiger partial charge in [0.15, 0.2) is 0 Å². The number of nitrogens with one attached hydrogen (secondary N) is 1. The predicted molar refractivity (Wildman–Crippen MR) is 115 cm³/mol. The number of aromatic nitrogens is 3. The summed E-state index contributed by atoms with van der Waals surface area (Å²) in [6, 6.07) is 4.97. The molecule has 1 saturated heterocycles. The van der Waals surface area contributed by atoms with Gasteiger partial charge in [-0.2, -0.15) is 0 Å². The largest absolute Gasteiger partial charge is 0.444 e. The number of nitrogens with zero attached hydrogens (tertiary/aromatic N) is 3. The zero-order valence-electron chi connectivity index (χ0n) is 17.2. The van der Waals surface area contributed by atoms with Gasteiger partial charge in [0.1, 0.15) is 16.6 Å². The van der Waals surface area contributed by atoms with E-state index in [1.54, 1.807) is 12.1 Å². The lowest BCUT2D eigenvalue weighted by Crippen LogP contribution is -2.41. The van der Waals surface area contributed by atoms with Crippen LogP contribution in [0, 0.1) is 0 Å². The van der Waals surface area contributed by atoms with Crippen molar-refractivity contribution in [2.24, 2.45) is 0 Å². The number of H-pyrrole nitrogens is 1.